The molecule has 4 heterocycles. The number of fused-ring (bicyclic) bond motifs is 1. The molecule has 0 amide bonds. The molecule has 3 aromatic heterocycles. The molecule has 1 fully saturated rings. The molecule has 136 valence electrons. The van der Waals surface area contributed by atoms with Crippen LogP contribution in [0.4, 0.5) is 11.6 Å². The molecule has 0 saturated carbocycles. The van der Waals surface area contributed by atoms with Crippen LogP contribution in [0.5, 0.6) is 0 Å². The lowest BCUT2D eigenvalue weighted by Crippen LogP contribution is -2.34. The summed E-state index contributed by atoms with van der Waals surface area (Å²) in [7, 11) is 0. The molecular weight excluding hydrogens is 326 g/mol. The van der Waals surface area contributed by atoms with Gasteiger partial charge in [0.15, 0.2) is 5.82 Å². The van der Waals surface area contributed by atoms with E-state index >= 15 is 0 Å². The average Bonchev–Trinajstić information content (AvgIpc) is 3.16. The zero-order valence-corrected chi connectivity index (χ0v) is 14.9. The highest BCUT2D eigenvalue weighted by Gasteiger charge is 2.21. The molecule has 1 saturated heterocycles. The van der Waals surface area contributed by atoms with Crippen molar-refractivity contribution in [2.45, 2.75) is 25.8 Å². The van der Waals surface area contributed by atoms with Gasteiger partial charge in [-0.1, -0.05) is 0 Å². The summed E-state index contributed by atoms with van der Waals surface area (Å²) < 4.78 is 0. The molecule has 3 aromatic rings. The number of aliphatic hydroxyl groups is 1. The Labute approximate surface area is 153 Å². The number of aliphatic hydroxyl groups excluding tert-OH is 1. The van der Waals surface area contributed by atoms with Gasteiger partial charge in [0.25, 0.3) is 0 Å². The number of anilines is 2. The first-order valence-corrected chi connectivity index (χ1v) is 9.30. The molecule has 3 N–H and O–H groups in total. The lowest BCUT2D eigenvalue weighted by Gasteiger charge is -2.33. The molecule has 0 aliphatic carbocycles. The minimum Gasteiger partial charge on any atom is -0.396 e. The molecule has 0 aromatic carbocycles. The fraction of sp³-hybridized carbons (Fsp3) is 0.400. The fourth-order valence-corrected chi connectivity index (χ4v) is 3.66. The molecule has 4 rings (SSSR count). The van der Waals surface area contributed by atoms with Crippen molar-refractivity contribution < 1.29 is 5.11 Å². The summed E-state index contributed by atoms with van der Waals surface area (Å²) in [4.78, 5) is 14.6. The van der Waals surface area contributed by atoms with Gasteiger partial charge in [0.05, 0.1) is 5.52 Å². The SMILES string of the molecule is OCCC1CCN(c2cc3cc[nH]c3c(NCc3ccncc3)n2)CC1. The van der Waals surface area contributed by atoms with E-state index in [1.54, 1.807) is 0 Å². The molecule has 0 atom stereocenters. The van der Waals surface area contributed by atoms with Crippen LogP contribution >= 0.6 is 0 Å². The van der Waals surface area contributed by atoms with Gasteiger partial charge in [-0.25, -0.2) is 4.98 Å². The van der Waals surface area contributed by atoms with E-state index in [2.05, 4.69) is 32.3 Å². The Morgan fingerprint density at radius 3 is 2.77 bits per heavy atom. The van der Waals surface area contributed by atoms with Gasteiger partial charge < -0.3 is 20.3 Å². The van der Waals surface area contributed by atoms with Gasteiger partial charge in [0.2, 0.25) is 0 Å². The van der Waals surface area contributed by atoms with E-state index in [1.165, 1.54) is 10.9 Å². The van der Waals surface area contributed by atoms with Crippen LogP contribution in [-0.4, -0.2) is 39.8 Å². The summed E-state index contributed by atoms with van der Waals surface area (Å²) in [5.41, 5.74) is 2.22. The van der Waals surface area contributed by atoms with Gasteiger partial charge in [-0.3, -0.25) is 4.98 Å². The molecule has 26 heavy (non-hydrogen) atoms. The third-order valence-corrected chi connectivity index (χ3v) is 5.21. The number of H-pyrrole nitrogens is 1. The van der Waals surface area contributed by atoms with Crippen molar-refractivity contribution in [2.24, 2.45) is 5.92 Å². The Balaban J connectivity index is 1.53. The average molecular weight is 351 g/mol. The summed E-state index contributed by atoms with van der Waals surface area (Å²) >= 11 is 0. The lowest BCUT2D eigenvalue weighted by molar-refractivity contribution is 0.240. The highest BCUT2D eigenvalue weighted by Crippen LogP contribution is 2.29. The maximum Gasteiger partial charge on any atom is 0.153 e. The van der Waals surface area contributed by atoms with Crippen LogP contribution in [0.25, 0.3) is 10.9 Å². The number of nitrogens with zero attached hydrogens (tertiary/aromatic N) is 3. The Morgan fingerprint density at radius 2 is 2.00 bits per heavy atom. The first-order valence-electron chi connectivity index (χ1n) is 9.30. The molecule has 0 bridgehead atoms. The summed E-state index contributed by atoms with van der Waals surface area (Å²) in [5, 5.41) is 13.8. The minimum atomic E-state index is 0.293. The van der Waals surface area contributed by atoms with Crippen molar-refractivity contribution >= 4 is 22.5 Å². The van der Waals surface area contributed by atoms with Gasteiger partial charge >= 0.3 is 0 Å². The number of hydrogen-bond acceptors (Lipinski definition) is 5. The Hall–Kier alpha value is -2.60. The number of piperidine rings is 1. The van der Waals surface area contributed by atoms with Gasteiger partial charge in [-0.05, 0) is 55.0 Å². The second kappa shape index (κ2) is 7.74. The van der Waals surface area contributed by atoms with Crippen LogP contribution in [0.15, 0.2) is 42.9 Å². The first-order chi connectivity index (χ1) is 12.8. The minimum absolute atomic E-state index is 0.293. The first kappa shape index (κ1) is 16.8. The summed E-state index contributed by atoms with van der Waals surface area (Å²) in [6.07, 6.45) is 8.72. The Kier molecular flexibility index (Phi) is 5.02. The van der Waals surface area contributed by atoms with Crippen molar-refractivity contribution in [1.82, 2.24) is 15.0 Å². The molecular formula is C20H25N5O. The number of nitrogens with one attached hydrogen (secondary N) is 2. The summed E-state index contributed by atoms with van der Waals surface area (Å²) in [5.74, 6) is 2.55. The van der Waals surface area contributed by atoms with E-state index in [0.29, 0.717) is 19.1 Å². The van der Waals surface area contributed by atoms with Gasteiger partial charge in [-0.2, -0.15) is 0 Å². The van der Waals surface area contributed by atoms with Crippen molar-refractivity contribution in [1.29, 1.82) is 0 Å². The predicted octanol–water partition coefficient (Wildman–Crippen LogP) is 3.17. The van der Waals surface area contributed by atoms with E-state index in [4.69, 9.17) is 10.1 Å². The van der Waals surface area contributed by atoms with Gasteiger partial charge in [0.1, 0.15) is 5.82 Å². The van der Waals surface area contributed by atoms with Crippen molar-refractivity contribution in [3.8, 4) is 0 Å². The molecule has 1 aliphatic rings. The van der Waals surface area contributed by atoms with Gasteiger partial charge in [0, 0.05) is 50.2 Å². The Bertz CT molecular complexity index is 840. The number of aromatic nitrogens is 3. The monoisotopic (exact) mass is 351 g/mol. The fourth-order valence-electron chi connectivity index (χ4n) is 3.66. The predicted molar refractivity (Wildman–Crippen MR) is 104 cm³/mol. The summed E-state index contributed by atoms with van der Waals surface area (Å²) in [6, 6.07) is 8.27. The largest absolute Gasteiger partial charge is 0.396 e. The molecule has 0 unspecified atom stereocenters. The van der Waals surface area contributed by atoms with E-state index in [-0.39, 0.29) is 0 Å². The Morgan fingerprint density at radius 1 is 1.19 bits per heavy atom. The van der Waals surface area contributed by atoms with Crippen LogP contribution in [0.1, 0.15) is 24.8 Å². The standard InChI is InChI=1S/C20H25N5O/c26-12-6-15-4-10-25(11-5-15)18-13-17-3-9-22-19(17)20(24-18)23-14-16-1-7-21-8-2-16/h1-3,7-9,13,15,22,26H,4-6,10-12,14H2,(H,23,24). The van der Waals surface area contributed by atoms with Crippen LogP contribution in [0, 0.1) is 5.92 Å². The van der Waals surface area contributed by atoms with Crippen molar-refractivity contribution in [2.75, 3.05) is 29.9 Å². The third-order valence-electron chi connectivity index (χ3n) is 5.21. The molecule has 6 nitrogen and oxygen atoms in total. The van der Waals surface area contributed by atoms with Crippen molar-refractivity contribution in [3.63, 3.8) is 0 Å². The highest BCUT2D eigenvalue weighted by molar-refractivity contribution is 5.91. The van der Waals surface area contributed by atoms with E-state index in [9.17, 15) is 0 Å². The number of hydrogen-bond donors (Lipinski definition) is 3. The second-order valence-corrected chi connectivity index (χ2v) is 6.92. The molecule has 0 spiro atoms. The lowest BCUT2D eigenvalue weighted by atomic mass is 9.94. The van der Waals surface area contributed by atoms with Crippen LogP contribution in [0.3, 0.4) is 0 Å². The topological polar surface area (TPSA) is 77.1 Å². The number of rotatable bonds is 6. The van der Waals surface area contributed by atoms with E-state index in [1.807, 2.05) is 30.7 Å². The number of aromatic amines is 1. The normalized spacial score (nSPS) is 15.5. The van der Waals surface area contributed by atoms with Crippen LogP contribution < -0.4 is 10.2 Å². The van der Waals surface area contributed by atoms with E-state index in [0.717, 1.165) is 49.5 Å². The number of pyridine rings is 2. The molecule has 6 heteroatoms. The second-order valence-electron chi connectivity index (χ2n) is 6.92. The maximum absolute atomic E-state index is 9.14. The smallest absolute Gasteiger partial charge is 0.153 e. The molecule has 0 radical (unpaired) electrons. The van der Waals surface area contributed by atoms with Crippen molar-refractivity contribution in [3.05, 3.63) is 48.4 Å². The van der Waals surface area contributed by atoms with Gasteiger partial charge in [-0.15, -0.1) is 0 Å². The zero-order valence-electron chi connectivity index (χ0n) is 14.9. The van der Waals surface area contributed by atoms with Crippen LogP contribution in [0.2, 0.25) is 0 Å². The summed E-state index contributed by atoms with van der Waals surface area (Å²) in [6.45, 7) is 3.00. The van der Waals surface area contributed by atoms with E-state index < -0.39 is 0 Å². The quantitative estimate of drug-likeness (QED) is 0.636. The maximum atomic E-state index is 9.14. The zero-order chi connectivity index (χ0) is 17.8. The third kappa shape index (κ3) is 3.65. The highest BCUT2D eigenvalue weighted by atomic mass is 16.3. The molecule has 1 aliphatic heterocycles. The van der Waals surface area contributed by atoms with Crippen LogP contribution in [-0.2, 0) is 6.54 Å².